The minimum Gasteiger partial charge on any atom is -0.496 e. The van der Waals surface area contributed by atoms with E-state index < -0.39 is 0 Å². The van der Waals surface area contributed by atoms with Crippen LogP contribution in [0.3, 0.4) is 0 Å². The summed E-state index contributed by atoms with van der Waals surface area (Å²) in [7, 11) is 4.89. The van der Waals surface area contributed by atoms with Crippen molar-refractivity contribution in [1.82, 2.24) is 5.32 Å². The maximum Gasteiger partial charge on any atom is 0.130 e. The molecule has 1 aromatic rings. The first-order valence-electron chi connectivity index (χ1n) is 6.34. The molecule has 0 aliphatic heterocycles. The Hall–Kier alpha value is -1.46. The Morgan fingerprint density at radius 2 is 1.63 bits per heavy atom. The smallest absolute Gasteiger partial charge is 0.130 e. The van der Waals surface area contributed by atoms with Crippen LogP contribution >= 0.6 is 0 Å². The molecule has 5 heteroatoms. The molecule has 0 unspecified atom stereocenters. The molecule has 0 saturated heterocycles. The highest BCUT2D eigenvalue weighted by atomic mass is 16.5. The molecule has 19 heavy (non-hydrogen) atoms. The molecule has 5 nitrogen and oxygen atoms in total. The molecule has 0 bridgehead atoms. The highest BCUT2D eigenvalue weighted by molar-refractivity contribution is 5.50. The second kappa shape index (κ2) is 8.61. The number of methoxy groups -OCH3 is 3. The van der Waals surface area contributed by atoms with E-state index in [1.807, 2.05) is 19.1 Å². The van der Waals surface area contributed by atoms with E-state index in [4.69, 9.17) is 18.9 Å². The molecule has 0 aromatic heterocycles. The molecule has 0 heterocycles. The van der Waals surface area contributed by atoms with Gasteiger partial charge >= 0.3 is 0 Å². The van der Waals surface area contributed by atoms with Crippen LogP contribution in [-0.4, -0.2) is 41.1 Å². The maximum atomic E-state index is 5.38. The topological polar surface area (TPSA) is 49.0 Å². The summed E-state index contributed by atoms with van der Waals surface area (Å²) in [5, 5.41) is 3.30. The Kier molecular flexibility index (Phi) is 7.07. The number of hydrogen-bond donors (Lipinski definition) is 1. The van der Waals surface area contributed by atoms with Gasteiger partial charge in [0, 0.05) is 31.8 Å². The molecule has 108 valence electrons. The molecule has 0 saturated carbocycles. The van der Waals surface area contributed by atoms with Crippen molar-refractivity contribution < 1.29 is 18.9 Å². The van der Waals surface area contributed by atoms with Gasteiger partial charge in [-0.25, -0.2) is 0 Å². The van der Waals surface area contributed by atoms with Crippen molar-refractivity contribution in [2.75, 3.05) is 41.1 Å². The monoisotopic (exact) mass is 269 g/mol. The Bertz CT molecular complexity index is 357. The molecule has 0 fully saturated rings. The summed E-state index contributed by atoms with van der Waals surface area (Å²) in [6, 6.07) is 3.70. The zero-order valence-electron chi connectivity index (χ0n) is 12.1. The normalized spacial score (nSPS) is 10.3. The summed E-state index contributed by atoms with van der Waals surface area (Å²) in [6.45, 7) is 4.85. The maximum absolute atomic E-state index is 5.38. The number of ether oxygens (including phenoxy) is 4. The van der Waals surface area contributed by atoms with Crippen LogP contribution in [0.5, 0.6) is 17.2 Å². The third-order valence-electron chi connectivity index (χ3n) is 2.75. The van der Waals surface area contributed by atoms with Crippen LogP contribution in [0.15, 0.2) is 12.1 Å². The standard InChI is InChI=1S/C14H23NO4/c1-5-19-7-6-15-10-12-13(17-3)8-11(16-2)9-14(12)18-4/h8-9,15H,5-7,10H2,1-4H3. The van der Waals surface area contributed by atoms with E-state index in [2.05, 4.69) is 5.32 Å². The average molecular weight is 269 g/mol. The Labute approximate surface area is 114 Å². The van der Waals surface area contributed by atoms with E-state index in [0.29, 0.717) is 18.9 Å². The Morgan fingerprint density at radius 3 is 2.11 bits per heavy atom. The van der Waals surface area contributed by atoms with E-state index in [0.717, 1.165) is 30.2 Å². The molecule has 0 amide bonds. The summed E-state index contributed by atoms with van der Waals surface area (Å²) in [6.07, 6.45) is 0. The molecule has 1 rings (SSSR count). The van der Waals surface area contributed by atoms with Gasteiger partial charge in [-0.15, -0.1) is 0 Å². The van der Waals surface area contributed by atoms with E-state index in [1.165, 1.54) is 0 Å². The average Bonchev–Trinajstić information content (AvgIpc) is 2.46. The van der Waals surface area contributed by atoms with Crippen molar-refractivity contribution in [2.24, 2.45) is 0 Å². The van der Waals surface area contributed by atoms with Crippen molar-refractivity contribution in [3.8, 4) is 17.2 Å². The zero-order chi connectivity index (χ0) is 14.1. The lowest BCUT2D eigenvalue weighted by atomic mass is 10.1. The van der Waals surface area contributed by atoms with Crippen molar-refractivity contribution in [3.63, 3.8) is 0 Å². The van der Waals surface area contributed by atoms with E-state index in [1.54, 1.807) is 21.3 Å². The number of hydrogen-bond acceptors (Lipinski definition) is 5. The van der Waals surface area contributed by atoms with Gasteiger partial charge in [-0.1, -0.05) is 0 Å². The minimum absolute atomic E-state index is 0.656. The highest BCUT2D eigenvalue weighted by Crippen LogP contribution is 2.33. The van der Waals surface area contributed by atoms with Gasteiger partial charge in [-0.3, -0.25) is 0 Å². The third-order valence-corrected chi connectivity index (χ3v) is 2.75. The van der Waals surface area contributed by atoms with Gasteiger partial charge in [0.2, 0.25) is 0 Å². The van der Waals surface area contributed by atoms with Gasteiger partial charge in [-0.2, -0.15) is 0 Å². The van der Waals surface area contributed by atoms with Crippen LogP contribution < -0.4 is 19.5 Å². The Balaban J connectivity index is 2.73. The summed E-state index contributed by atoms with van der Waals surface area (Å²) in [5.74, 6) is 2.21. The van der Waals surface area contributed by atoms with E-state index >= 15 is 0 Å². The van der Waals surface area contributed by atoms with Crippen LogP contribution in [0.1, 0.15) is 12.5 Å². The van der Waals surface area contributed by atoms with Gasteiger partial charge < -0.3 is 24.3 Å². The highest BCUT2D eigenvalue weighted by Gasteiger charge is 2.12. The van der Waals surface area contributed by atoms with Gasteiger partial charge in [0.1, 0.15) is 17.2 Å². The first kappa shape index (κ1) is 15.6. The van der Waals surface area contributed by atoms with Gasteiger partial charge in [-0.05, 0) is 6.92 Å². The third kappa shape index (κ3) is 4.61. The van der Waals surface area contributed by atoms with Crippen LogP contribution in [0, 0.1) is 0 Å². The second-order valence-corrected chi connectivity index (χ2v) is 3.88. The van der Waals surface area contributed by atoms with Gasteiger partial charge in [0.25, 0.3) is 0 Å². The van der Waals surface area contributed by atoms with Crippen molar-refractivity contribution in [2.45, 2.75) is 13.5 Å². The molecule has 0 aliphatic rings. The lowest BCUT2D eigenvalue weighted by Crippen LogP contribution is -2.20. The van der Waals surface area contributed by atoms with Crippen LogP contribution in [-0.2, 0) is 11.3 Å². The number of benzene rings is 1. The zero-order valence-corrected chi connectivity index (χ0v) is 12.1. The molecule has 0 radical (unpaired) electrons. The fourth-order valence-corrected chi connectivity index (χ4v) is 1.75. The molecule has 1 aromatic carbocycles. The fourth-order valence-electron chi connectivity index (χ4n) is 1.75. The first-order valence-corrected chi connectivity index (χ1v) is 6.34. The van der Waals surface area contributed by atoms with Crippen molar-refractivity contribution in [3.05, 3.63) is 17.7 Å². The summed E-state index contributed by atoms with van der Waals surface area (Å²) in [5.41, 5.74) is 0.974. The molecule has 0 spiro atoms. The lowest BCUT2D eigenvalue weighted by Gasteiger charge is -2.15. The van der Waals surface area contributed by atoms with Crippen molar-refractivity contribution in [1.29, 1.82) is 0 Å². The Morgan fingerprint density at radius 1 is 1.00 bits per heavy atom. The quantitative estimate of drug-likeness (QED) is 0.693. The van der Waals surface area contributed by atoms with Crippen LogP contribution in [0.25, 0.3) is 0 Å². The molecule has 0 atom stereocenters. The summed E-state index contributed by atoms with van der Waals surface area (Å²) >= 11 is 0. The summed E-state index contributed by atoms with van der Waals surface area (Å²) in [4.78, 5) is 0. The SMILES string of the molecule is CCOCCNCc1c(OC)cc(OC)cc1OC. The predicted octanol–water partition coefficient (Wildman–Crippen LogP) is 1.84. The summed E-state index contributed by atoms with van der Waals surface area (Å²) < 4.78 is 21.2. The van der Waals surface area contributed by atoms with E-state index in [-0.39, 0.29) is 0 Å². The lowest BCUT2D eigenvalue weighted by molar-refractivity contribution is 0.149. The predicted molar refractivity (Wildman–Crippen MR) is 74.3 cm³/mol. The van der Waals surface area contributed by atoms with Crippen molar-refractivity contribution >= 4 is 0 Å². The largest absolute Gasteiger partial charge is 0.496 e. The fraction of sp³-hybridized carbons (Fsp3) is 0.571. The second-order valence-electron chi connectivity index (χ2n) is 3.88. The number of nitrogens with one attached hydrogen (secondary N) is 1. The van der Waals surface area contributed by atoms with Crippen LogP contribution in [0.2, 0.25) is 0 Å². The minimum atomic E-state index is 0.656. The number of rotatable bonds is 9. The van der Waals surface area contributed by atoms with E-state index in [9.17, 15) is 0 Å². The first-order chi connectivity index (χ1) is 9.26. The molecule has 0 aliphatic carbocycles. The van der Waals surface area contributed by atoms with Gasteiger partial charge in [0.05, 0.1) is 33.5 Å². The molecule has 1 N–H and O–H groups in total. The van der Waals surface area contributed by atoms with Gasteiger partial charge in [0.15, 0.2) is 0 Å². The van der Waals surface area contributed by atoms with Crippen LogP contribution in [0.4, 0.5) is 0 Å². The molecular weight excluding hydrogens is 246 g/mol. The molecular formula is C14H23NO4.